The van der Waals surface area contributed by atoms with Gasteiger partial charge in [0.25, 0.3) is 5.78 Å². The van der Waals surface area contributed by atoms with Crippen LogP contribution >= 0.6 is 0 Å². The Morgan fingerprint density at radius 1 is 0.703 bits per heavy atom. The van der Waals surface area contributed by atoms with E-state index in [0.717, 1.165) is 0 Å². The fraction of sp³-hybridized carbons (Fsp3) is 0.895. The molecule has 2 heterocycles. The molecule has 14 unspecified atom stereocenters. The molecule has 18 heteroatoms. The normalized spacial score (nSPS) is 40.0. The minimum absolute atomic E-state index is 0.666. The molecule has 2 aliphatic heterocycles. The Bertz CT molecular complexity index is 751. The van der Waals surface area contributed by atoms with Crippen LogP contribution in [0.3, 0.4) is 0 Å². The number of ether oxygens (including phenoxy) is 4. The van der Waals surface area contributed by atoms with E-state index >= 15 is 0 Å². The van der Waals surface area contributed by atoms with Crippen LogP contribution in [0.1, 0.15) is 0 Å². The van der Waals surface area contributed by atoms with Gasteiger partial charge in [-0.1, -0.05) is 0 Å². The quantitative estimate of drug-likeness (QED) is 0.101. The van der Waals surface area contributed by atoms with Crippen molar-refractivity contribution >= 4 is 11.8 Å². The van der Waals surface area contributed by atoms with Crippen molar-refractivity contribution in [3.8, 4) is 0 Å². The fourth-order valence-corrected chi connectivity index (χ4v) is 3.57. The Morgan fingerprint density at radius 3 is 1.70 bits per heavy atom. The molecule has 37 heavy (non-hydrogen) atoms. The average Bonchev–Trinajstić information content (AvgIpc) is 2.88. The van der Waals surface area contributed by atoms with E-state index < -0.39 is 117 Å². The lowest BCUT2D eigenvalue weighted by Crippen LogP contribution is -2.62. The van der Waals surface area contributed by atoms with Crippen LogP contribution in [0, 0.1) is 0 Å². The third-order valence-corrected chi connectivity index (χ3v) is 5.92. The second-order valence-electron chi connectivity index (χ2n) is 8.54. The number of hydrogen-bond donors (Lipinski definition) is 12. The van der Waals surface area contributed by atoms with Crippen molar-refractivity contribution in [2.24, 2.45) is 0 Å². The van der Waals surface area contributed by atoms with Gasteiger partial charge < -0.3 is 80.2 Å². The van der Waals surface area contributed by atoms with Crippen LogP contribution in [0.2, 0.25) is 0 Å². The molecule has 216 valence electrons. The van der Waals surface area contributed by atoms with E-state index in [0.29, 0.717) is 0 Å². The van der Waals surface area contributed by atoms with Gasteiger partial charge in [-0.25, -0.2) is 4.79 Å². The summed E-state index contributed by atoms with van der Waals surface area (Å²) in [4.78, 5) is 21.8. The summed E-state index contributed by atoms with van der Waals surface area (Å²) in [6, 6.07) is 0. The summed E-state index contributed by atoms with van der Waals surface area (Å²) in [6.45, 7) is -2.36. The lowest BCUT2D eigenvalue weighted by Gasteiger charge is -2.42. The largest absolute Gasteiger partial charge is 0.475 e. The maximum atomic E-state index is 11.2. The number of hydrogen-bond acceptors (Lipinski definition) is 17. The Labute approximate surface area is 208 Å². The Balaban J connectivity index is 1.96. The van der Waals surface area contributed by atoms with Crippen LogP contribution in [0.15, 0.2) is 0 Å². The molecule has 2 rings (SSSR count). The molecule has 0 aliphatic carbocycles. The van der Waals surface area contributed by atoms with Gasteiger partial charge in [0.15, 0.2) is 18.7 Å². The van der Waals surface area contributed by atoms with Gasteiger partial charge in [0.05, 0.1) is 19.8 Å². The summed E-state index contributed by atoms with van der Waals surface area (Å²) >= 11 is 0. The zero-order valence-corrected chi connectivity index (χ0v) is 19.0. The molecule has 0 aromatic carbocycles. The monoisotopic (exact) mass is 548 g/mol. The highest BCUT2D eigenvalue weighted by Gasteiger charge is 2.48. The third kappa shape index (κ3) is 7.35. The number of carboxylic acids is 1. The highest BCUT2D eigenvalue weighted by molar-refractivity contribution is 6.34. The molecular weight excluding hydrogens is 516 g/mol. The highest BCUT2D eigenvalue weighted by atomic mass is 16.7. The van der Waals surface area contributed by atoms with Gasteiger partial charge >= 0.3 is 5.97 Å². The van der Waals surface area contributed by atoms with Gasteiger partial charge in [-0.2, -0.15) is 0 Å². The molecule has 0 saturated carbocycles. The molecule has 0 radical (unpaired) electrons. The maximum absolute atomic E-state index is 11.2. The van der Waals surface area contributed by atoms with Crippen molar-refractivity contribution in [3.05, 3.63) is 0 Å². The van der Waals surface area contributed by atoms with Crippen LogP contribution < -0.4 is 0 Å². The van der Waals surface area contributed by atoms with Crippen LogP contribution in [0.5, 0.6) is 0 Å². The highest BCUT2D eigenvalue weighted by Crippen LogP contribution is 2.26. The molecular formula is C19H32O18. The van der Waals surface area contributed by atoms with Crippen LogP contribution in [0.4, 0.5) is 0 Å². The Morgan fingerprint density at radius 2 is 1.19 bits per heavy atom. The van der Waals surface area contributed by atoms with E-state index in [-0.39, 0.29) is 0 Å². The van der Waals surface area contributed by atoms with Gasteiger partial charge in [0.2, 0.25) is 0 Å². The molecule has 18 nitrogen and oxygen atoms in total. The van der Waals surface area contributed by atoms with Gasteiger partial charge in [0, 0.05) is 0 Å². The first-order valence-corrected chi connectivity index (χ1v) is 11.0. The molecule has 2 aliphatic rings. The number of ketones is 1. The van der Waals surface area contributed by atoms with E-state index in [2.05, 4.69) is 0 Å². The number of carbonyl (C=O) groups excluding carboxylic acids is 1. The summed E-state index contributed by atoms with van der Waals surface area (Å²) < 4.78 is 20.7. The summed E-state index contributed by atoms with van der Waals surface area (Å²) in [6.07, 6.45) is -26.4. The van der Waals surface area contributed by atoms with Crippen LogP contribution in [0.25, 0.3) is 0 Å². The number of Topliss-reactive ketones (excluding diaryl/α,β-unsaturated/α-hetero) is 1. The lowest BCUT2D eigenvalue weighted by atomic mass is 9.98. The first-order valence-electron chi connectivity index (χ1n) is 11.0. The number of aliphatic hydroxyl groups is 11. The van der Waals surface area contributed by atoms with Crippen molar-refractivity contribution in [3.63, 3.8) is 0 Å². The van der Waals surface area contributed by atoms with Crippen molar-refractivity contribution in [2.75, 3.05) is 19.8 Å². The molecule has 14 atom stereocenters. The summed E-state index contributed by atoms with van der Waals surface area (Å²) in [7, 11) is 0. The number of carboxylic acid groups (broad SMARTS) is 1. The minimum Gasteiger partial charge on any atom is -0.475 e. The Kier molecular flexibility index (Phi) is 11.6. The SMILES string of the molecule is O=C(O)C(=O)C(O)C(O)C(O)C(O)COC1OC(COC2OC(CO)C(O)C(O)C2O)C(O)C(O)C1O. The maximum Gasteiger partial charge on any atom is 0.375 e. The standard InChI is InChI=1S/C19H32O18/c20-1-5-8(23)11(26)15(30)19(36-5)35-3-6-9(24)12(27)16(31)18(37-6)34-2-4(21)7(22)10(25)13(28)14(29)17(32)33/h4-13,15-16,18-28,30-31H,1-3H2,(H,32,33). The molecule has 2 fully saturated rings. The second kappa shape index (κ2) is 13.6. The number of rotatable bonds is 12. The number of carbonyl (C=O) groups is 2. The average molecular weight is 548 g/mol. The lowest BCUT2D eigenvalue weighted by molar-refractivity contribution is -0.333. The molecule has 0 aromatic rings. The summed E-state index contributed by atoms with van der Waals surface area (Å²) in [5.41, 5.74) is 0. The summed E-state index contributed by atoms with van der Waals surface area (Å²) in [5, 5.41) is 117. The van der Waals surface area contributed by atoms with Crippen molar-refractivity contribution in [1.82, 2.24) is 0 Å². The topological polar surface area (TPSA) is 314 Å². The molecule has 0 bridgehead atoms. The third-order valence-electron chi connectivity index (χ3n) is 5.92. The smallest absolute Gasteiger partial charge is 0.375 e. The van der Waals surface area contributed by atoms with E-state index in [1.54, 1.807) is 0 Å². The van der Waals surface area contributed by atoms with Crippen molar-refractivity contribution in [1.29, 1.82) is 0 Å². The van der Waals surface area contributed by atoms with Gasteiger partial charge in [-0.3, -0.25) is 4.79 Å². The van der Waals surface area contributed by atoms with E-state index in [9.17, 15) is 65.8 Å². The second-order valence-corrected chi connectivity index (χ2v) is 8.54. The number of aliphatic hydroxyl groups excluding tert-OH is 11. The number of aliphatic carboxylic acids is 1. The first-order chi connectivity index (χ1) is 17.2. The van der Waals surface area contributed by atoms with Gasteiger partial charge in [-0.15, -0.1) is 0 Å². The van der Waals surface area contributed by atoms with Crippen molar-refractivity contribution in [2.45, 2.75) is 85.8 Å². The molecule has 2 saturated heterocycles. The first kappa shape index (κ1) is 31.8. The fourth-order valence-electron chi connectivity index (χ4n) is 3.57. The molecule has 0 aromatic heterocycles. The van der Waals surface area contributed by atoms with E-state index in [1.807, 2.05) is 0 Å². The molecule has 0 spiro atoms. The predicted octanol–water partition coefficient (Wildman–Crippen LogP) is -8.28. The minimum atomic E-state index is -2.58. The molecule has 12 N–H and O–H groups in total. The molecule has 0 amide bonds. The summed E-state index contributed by atoms with van der Waals surface area (Å²) in [5.74, 6) is -3.96. The van der Waals surface area contributed by atoms with Crippen LogP contribution in [-0.4, -0.2) is 179 Å². The van der Waals surface area contributed by atoms with Gasteiger partial charge in [0.1, 0.15) is 67.1 Å². The zero-order chi connectivity index (χ0) is 28.2. The Hall–Kier alpha value is -1.46. The zero-order valence-electron chi connectivity index (χ0n) is 19.0. The van der Waals surface area contributed by atoms with E-state index in [4.69, 9.17) is 24.1 Å². The van der Waals surface area contributed by atoms with Crippen molar-refractivity contribution < 1.29 is 89.8 Å². The predicted molar refractivity (Wildman–Crippen MR) is 109 cm³/mol. The van der Waals surface area contributed by atoms with E-state index in [1.165, 1.54) is 0 Å². The van der Waals surface area contributed by atoms with Crippen LogP contribution in [-0.2, 0) is 28.5 Å². The van der Waals surface area contributed by atoms with Gasteiger partial charge in [-0.05, 0) is 0 Å².